The molecule has 4 heteroatoms. The molecule has 0 aromatic carbocycles. The summed E-state index contributed by atoms with van der Waals surface area (Å²) in [6.07, 6.45) is 12.2. The average Bonchev–Trinajstić information content (AvgIpc) is 2.66. The molecule has 0 spiro atoms. The van der Waals surface area contributed by atoms with Crippen LogP contribution in [-0.2, 0) is 19.1 Å². The number of esters is 2. The largest absolute Gasteiger partial charge is 0.465 e. The maximum atomic E-state index is 12.6. The molecule has 4 nitrogen and oxygen atoms in total. The van der Waals surface area contributed by atoms with Gasteiger partial charge in [0, 0.05) is 0 Å². The van der Waals surface area contributed by atoms with Gasteiger partial charge in [-0.1, -0.05) is 59.3 Å². The third kappa shape index (κ3) is 8.55. The molecule has 0 aliphatic heterocycles. The molecule has 0 heterocycles. The summed E-state index contributed by atoms with van der Waals surface area (Å²) in [4.78, 5) is 24.8. The monoisotopic (exact) mass is 368 g/mol. The van der Waals surface area contributed by atoms with Gasteiger partial charge in [-0.2, -0.15) is 0 Å². The van der Waals surface area contributed by atoms with E-state index in [1.807, 2.05) is 6.92 Å². The second-order valence-electron chi connectivity index (χ2n) is 7.77. The highest BCUT2D eigenvalue weighted by Gasteiger charge is 2.38. The minimum absolute atomic E-state index is 0.0348. The number of hydrogen-bond donors (Lipinski definition) is 0. The van der Waals surface area contributed by atoms with Crippen molar-refractivity contribution >= 4 is 11.9 Å². The molecule has 1 aliphatic rings. The number of carbonyl (C=O) groups excluding carboxylic acids is 2. The summed E-state index contributed by atoms with van der Waals surface area (Å²) in [5.41, 5.74) is 0. The molecular weight excluding hydrogens is 328 g/mol. The standard InChI is InChI=1S/C22H40O4/c1-4-7-9-10-11-16-26-22(24)20-14-13-19(21(23)25-15-6-3)17-18(20)12-8-5-2/h18-20H,4-17H2,1-3H3. The lowest BCUT2D eigenvalue weighted by Crippen LogP contribution is -2.35. The number of unbranched alkanes of at least 4 members (excludes halogenated alkanes) is 5. The van der Waals surface area contributed by atoms with E-state index in [-0.39, 0.29) is 29.7 Å². The molecule has 0 amide bonds. The SMILES string of the molecule is CCCCCCCOC(=O)C1CCC(C(=O)OCCC)CC1CCCC. The Balaban J connectivity index is 2.46. The van der Waals surface area contributed by atoms with Crippen molar-refractivity contribution in [2.75, 3.05) is 13.2 Å². The smallest absolute Gasteiger partial charge is 0.309 e. The highest BCUT2D eigenvalue weighted by atomic mass is 16.5. The van der Waals surface area contributed by atoms with Gasteiger partial charge in [0.1, 0.15) is 0 Å². The fraction of sp³-hybridized carbons (Fsp3) is 0.909. The Hall–Kier alpha value is -1.06. The van der Waals surface area contributed by atoms with E-state index in [4.69, 9.17) is 9.47 Å². The molecule has 3 unspecified atom stereocenters. The molecule has 26 heavy (non-hydrogen) atoms. The van der Waals surface area contributed by atoms with Gasteiger partial charge in [-0.3, -0.25) is 9.59 Å². The zero-order valence-corrected chi connectivity index (χ0v) is 17.3. The van der Waals surface area contributed by atoms with Crippen molar-refractivity contribution in [3.05, 3.63) is 0 Å². The molecule has 0 aromatic heterocycles. The van der Waals surface area contributed by atoms with Gasteiger partial charge >= 0.3 is 11.9 Å². The Morgan fingerprint density at radius 3 is 2.15 bits per heavy atom. The van der Waals surface area contributed by atoms with Gasteiger partial charge < -0.3 is 9.47 Å². The van der Waals surface area contributed by atoms with E-state index in [0.717, 1.165) is 57.8 Å². The molecule has 0 bridgehead atoms. The first-order valence-electron chi connectivity index (χ1n) is 11.0. The van der Waals surface area contributed by atoms with Crippen LogP contribution in [0.1, 0.15) is 97.8 Å². The third-order valence-corrected chi connectivity index (χ3v) is 5.49. The van der Waals surface area contributed by atoms with Crippen LogP contribution in [0, 0.1) is 17.8 Å². The van der Waals surface area contributed by atoms with E-state index in [2.05, 4.69) is 13.8 Å². The molecule has 1 aliphatic carbocycles. The fourth-order valence-corrected chi connectivity index (χ4v) is 3.88. The molecule has 0 aromatic rings. The molecule has 0 N–H and O–H groups in total. The number of rotatable bonds is 13. The van der Waals surface area contributed by atoms with Crippen molar-refractivity contribution in [3.63, 3.8) is 0 Å². The lowest BCUT2D eigenvalue weighted by atomic mass is 9.72. The average molecular weight is 369 g/mol. The van der Waals surface area contributed by atoms with Crippen LogP contribution in [0.15, 0.2) is 0 Å². The van der Waals surface area contributed by atoms with Crippen LogP contribution in [0.25, 0.3) is 0 Å². The summed E-state index contributed by atoms with van der Waals surface area (Å²) >= 11 is 0. The second kappa shape index (κ2) is 14.1. The molecule has 1 saturated carbocycles. The maximum absolute atomic E-state index is 12.6. The Bertz CT molecular complexity index is 394. The van der Waals surface area contributed by atoms with Crippen molar-refractivity contribution < 1.29 is 19.1 Å². The molecule has 1 rings (SSSR count). The van der Waals surface area contributed by atoms with E-state index in [9.17, 15) is 9.59 Å². The Morgan fingerprint density at radius 1 is 0.769 bits per heavy atom. The number of ether oxygens (including phenoxy) is 2. The van der Waals surface area contributed by atoms with Crippen molar-refractivity contribution in [2.45, 2.75) is 97.8 Å². The van der Waals surface area contributed by atoms with Gasteiger partial charge in [-0.25, -0.2) is 0 Å². The van der Waals surface area contributed by atoms with E-state index in [1.54, 1.807) is 0 Å². The van der Waals surface area contributed by atoms with E-state index in [1.165, 1.54) is 19.3 Å². The highest BCUT2D eigenvalue weighted by molar-refractivity contribution is 5.75. The predicted octanol–water partition coefficient (Wildman–Crippen LogP) is 5.68. The number of hydrogen-bond acceptors (Lipinski definition) is 4. The first-order chi connectivity index (χ1) is 12.6. The van der Waals surface area contributed by atoms with Gasteiger partial charge in [-0.15, -0.1) is 0 Å². The van der Waals surface area contributed by atoms with Crippen LogP contribution in [0.5, 0.6) is 0 Å². The van der Waals surface area contributed by atoms with Gasteiger partial charge in [0.25, 0.3) is 0 Å². The Morgan fingerprint density at radius 2 is 1.46 bits per heavy atom. The molecule has 3 atom stereocenters. The fourth-order valence-electron chi connectivity index (χ4n) is 3.88. The quantitative estimate of drug-likeness (QED) is 0.310. The Kier molecular flexibility index (Phi) is 12.4. The predicted molar refractivity (Wildman–Crippen MR) is 105 cm³/mol. The topological polar surface area (TPSA) is 52.6 Å². The Labute approximate surface area is 160 Å². The van der Waals surface area contributed by atoms with Gasteiger partial charge in [0.15, 0.2) is 0 Å². The van der Waals surface area contributed by atoms with Crippen molar-refractivity contribution in [1.29, 1.82) is 0 Å². The molecule has 0 radical (unpaired) electrons. The van der Waals surface area contributed by atoms with Crippen LogP contribution in [0.2, 0.25) is 0 Å². The van der Waals surface area contributed by atoms with Crippen LogP contribution in [-0.4, -0.2) is 25.2 Å². The summed E-state index contributed by atoms with van der Waals surface area (Å²) < 4.78 is 10.9. The van der Waals surface area contributed by atoms with Crippen molar-refractivity contribution in [1.82, 2.24) is 0 Å². The van der Waals surface area contributed by atoms with Crippen LogP contribution < -0.4 is 0 Å². The lowest BCUT2D eigenvalue weighted by Gasteiger charge is -2.34. The first kappa shape index (κ1) is 23.0. The van der Waals surface area contributed by atoms with E-state index >= 15 is 0 Å². The number of carbonyl (C=O) groups is 2. The van der Waals surface area contributed by atoms with Crippen LogP contribution in [0.3, 0.4) is 0 Å². The molecular formula is C22H40O4. The maximum Gasteiger partial charge on any atom is 0.309 e. The lowest BCUT2D eigenvalue weighted by molar-refractivity contribution is -0.158. The van der Waals surface area contributed by atoms with Gasteiger partial charge in [-0.05, 0) is 44.4 Å². The molecule has 0 saturated heterocycles. The van der Waals surface area contributed by atoms with Gasteiger partial charge in [0.2, 0.25) is 0 Å². The second-order valence-corrected chi connectivity index (χ2v) is 7.77. The molecule has 152 valence electrons. The summed E-state index contributed by atoms with van der Waals surface area (Å²) in [5, 5.41) is 0. The third-order valence-electron chi connectivity index (χ3n) is 5.49. The summed E-state index contributed by atoms with van der Waals surface area (Å²) in [5.74, 6) is 0.0717. The highest BCUT2D eigenvalue weighted by Crippen LogP contribution is 2.38. The summed E-state index contributed by atoms with van der Waals surface area (Å²) in [6, 6.07) is 0. The first-order valence-corrected chi connectivity index (χ1v) is 11.0. The van der Waals surface area contributed by atoms with Crippen LogP contribution >= 0.6 is 0 Å². The van der Waals surface area contributed by atoms with Crippen molar-refractivity contribution in [3.8, 4) is 0 Å². The zero-order valence-electron chi connectivity index (χ0n) is 17.3. The van der Waals surface area contributed by atoms with E-state index in [0.29, 0.717) is 13.2 Å². The van der Waals surface area contributed by atoms with Gasteiger partial charge in [0.05, 0.1) is 25.0 Å². The minimum atomic E-state index is -0.0731. The summed E-state index contributed by atoms with van der Waals surface area (Å²) in [6.45, 7) is 7.41. The van der Waals surface area contributed by atoms with E-state index < -0.39 is 0 Å². The zero-order chi connectivity index (χ0) is 19.2. The molecule has 1 fully saturated rings. The van der Waals surface area contributed by atoms with Crippen molar-refractivity contribution in [2.24, 2.45) is 17.8 Å². The normalized spacial score (nSPS) is 22.8. The van der Waals surface area contributed by atoms with Crippen LogP contribution in [0.4, 0.5) is 0 Å². The summed E-state index contributed by atoms with van der Waals surface area (Å²) in [7, 11) is 0. The minimum Gasteiger partial charge on any atom is -0.465 e.